The van der Waals surface area contributed by atoms with Gasteiger partial charge in [-0.15, -0.1) is 0 Å². The number of fused-ring (bicyclic) bond motifs is 3. The van der Waals surface area contributed by atoms with Gasteiger partial charge in [0.1, 0.15) is 0 Å². The van der Waals surface area contributed by atoms with E-state index in [4.69, 9.17) is 4.74 Å². The quantitative estimate of drug-likeness (QED) is 0.0865. The molecule has 0 N–H and O–H groups in total. The third kappa shape index (κ3) is 6.72. The molecule has 0 fully saturated rings. The summed E-state index contributed by atoms with van der Waals surface area (Å²) >= 11 is 3.95. The van der Waals surface area contributed by atoms with Crippen LogP contribution in [0.3, 0.4) is 0 Å². The number of esters is 1. The Hall–Kier alpha value is -4.28. The molecule has 1 aliphatic carbocycles. The van der Waals surface area contributed by atoms with Crippen LogP contribution in [0, 0.1) is 0 Å². The first-order valence-corrected chi connectivity index (χ1v) is 16.6. The molecule has 5 aromatic carbocycles. The van der Waals surface area contributed by atoms with E-state index in [1.54, 1.807) is 0 Å². The molecule has 5 aromatic rings. The van der Waals surface area contributed by atoms with Crippen LogP contribution in [0.4, 0.5) is 17.1 Å². The highest BCUT2D eigenvalue weighted by Gasteiger charge is 2.35. The number of hydrogen-bond donors (Lipinski definition) is 1. The van der Waals surface area contributed by atoms with Gasteiger partial charge < -0.3 is 9.64 Å². The maximum absolute atomic E-state index is 11.2. The highest BCUT2D eigenvalue weighted by molar-refractivity contribution is 7.81. The molecule has 1 aliphatic rings. The largest absolute Gasteiger partial charge is 0.465 e. The standard InChI is InChI=1S/C41H41NO2S/c1-41(2)38-16-10-9-15-36(38)37-26-25-35(28-39(37)41)42(34-23-19-32(20-24-34)31-13-7-5-8-14-31)33-21-17-30(18-22-33)12-6-3-4-11-27-44-40(43)29-45/h5,7-10,13-26,28,45H,3-4,6,11-12,27,29H2,1-2H3. The number of benzene rings is 5. The van der Waals surface area contributed by atoms with Gasteiger partial charge in [-0.1, -0.05) is 112 Å². The lowest BCUT2D eigenvalue weighted by atomic mass is 9.82. The van der Waals surface area contributed by atoms with E-state index in [-0.39, 0.29) is 17.1 Å². The molecule has 0 saturated heterocycles. The minimum atomic E-state index is -0.242. The highest BCUT2D eigenvalue weighted by Crippen LogP contribution is 2.50. The minimum Gasteiger partial charge on any atom is -0.465 e. The summed E-state index contributed by atoms with van der Waals surface area (Å²) in [6.45, 7) is 5.16. The van der Waals surface area contributed by atoms with Gasteiger partial charge in [-0.05, 0) is 94.6 Å². The molecule has 0 unspecified atom stereocenters. The summed E-state index contributed by atoms with van der Waals surface area (Å²) in [5, 5.41) is 0. The molecule has 0 atom stereocenters. The highest BCUT2D eigenvalue weighted by atomic mass is 32.1. The van der Waals surface area contributed by atoms with Crippen molar-refractivity contribution in [2.24, 2.45) is 0 Å². The third-order valence-electron chi connectivity index (χ3n) is 9.00. The van der Waals surface area contributed by atoms with E-state index in [1.165, 1.54) is 38.9 Å². The number of carbonyl (C=O) groups is 1. The number of ether oxygens (including phenoxy) is 1. The average Bonchev–Trinajstić information content (AvgIpc) is 3.31. The van der Waals surface area contributed by atoms with Crippen LogP contribution in [-0.2, 0) is 21.4 Å². The Labute approximate surface area is 273 Å². The van der Waals surface area contributed by atoms with E-state index in [1.807, 2.05) is 0 Å². The van der Waals surface area contributed by atoms with Crippen molar-refractivity contribution in [2.45, 2.75) is 51.4 Å². The van der Waals surface area contributed by atoms with Gasteiger partial charge in [0.25, 0.3) is 0 Å². The molecule has 0 saturated carbocycles. The summed E-state index contributed by atoms with van der Waals surface area (Å²) in [7, 11) is 0. The Morgan fingerprint density at radius 2 is 1.24 bits per heavy atom. The van der Waals surface area contributed by atoms with Gasteiger partial charge in [-0.25, -0.2) is 0 Å². The first kappa shape index (κ1) is 30.7. The number of carbonyl (C=O) groups excluding carboxylic acids is 1. The molecule has 3 nitrogen and oxygen atoms in total. The SMILES string of the molecule is CC1(C)c2ccccc2-c2ccc(N(c3ccc(CCCCCCOC(=O)CS)cc3)c3ccc(-c4ccccc4)cc3)cc21. The molecule has 4 heteroatoms. The fourth-order valence-electron chi connectivity index (χ4n) is 6.54. The predicted octanol–water partition coefficient (Wildman–Crippen LogP) is 10.7. The summed E-state index contributed by atoms with van der Waals surface area (Å²) in [6.07, 6.45) is 5.23. The number of nitrogens with zero attached hydrogens (tertiary/aromatic N) is 1. The number of aryl methyl sites for hydroxylation is 1. The minimum absolute atomic E-state index is 0.0666. The Kier molecular flexibility index (Phi) is 9.42. The number of thiol groups is 1. The first-order chi connectivity index (χ1) is 22.0. The van der Waals surface area contributed by atoms with Crippen molar-refractivity contribution in [3.8, 4) is 22.3 Å². The van der Waals surface area contributed by atoms with E-state index < -0.39 is 0 Å². The summed E-state index contributed by atoms with van der Waals surface area (Å²) in [5.41, 5.74) is 12.6. The zero-order valence-electron chi connectivity index (χ0n) is 26.2. The normalized spacial score (nSPS) is 12.8. The molecule has 0 heterocycles. The average molecular weight is 612 g/mol. The zero-order valence-corrected chi connectivity index (χ0v) is 27.1. The Morgan fingerprint density at radius 3 is 1.98 bits per heavy atom. The molecule has 0 aromatic heterocycles. The molecule has 228 valence electrons. The Balaban J connectivity index is 1.25. The Bertz CT molecular complexity index is 1740. The van der Waals surface area contributed by atoms with E-state index in [0.717, 1.165) is 49.2 Å². The molecule has 0 amide bonds. The van der Waals surface area contributed by atoms with Crippen LogP contribution in [-0.4, -0.2) is 18.3 Å². The lowest BCUT2D eigenvalue weighted by molar-refractivity contribution is -0.140. The van der Waals surface area contributed by atoms with Crippen LogP contribution in [0.25, 0.3) is 22.3 Å². The summed E-state index contributed by atoms with van der Waals surface area (Å²) in [5.74, 6) is -0.0983. The number of anilines is 3. The molecular formula is C41H41NO2S. The van der Waals surface area contributed by atoms with Crippen LogP contribution >= 0.6 is 12.6 Å². The third-order valence-corrected chi connectivity index (χ3v) is 9.26. The second kappa shape index (κ2) is 13.8. The molecule has 0 aliphatic heterocycles. The summed E-state index contributed by atoms with van der Waals surface area (Å²) in [6, 6.07) is 44.3. The lowest BCUT2D eigenvalue weighted by Crippen LogP contribution is -2.16. The van der Waals surface area contributed by atoms with E-state index in [9.17, 15) is 4.79 Å². The Morgan fingerprint density at radius 1 is 0.644 bits per heavy atom. The monoisotopic (exact) mass is 611 g/mol. The smallest absolute Gasteiger partial charge is 0.315 e. The molecule has 0 bridgehead atoms. The van der Waals surface area contributed by atoms with Crippen molar-refractivity contribution >= 4 is 35.7 Å². The first-order valence-electron chi connectivity index (χ1n) is 16.0. The van der Waals surface area contributed by atoms with Gasteiger partial charge in [0, 0.05) is 22.5 Å². The van der Waals surface area contributed by atoms with Crippen molar-refractivity contribution in [3.05, 3.63) is 138 Å². The fraction of sp³-hybridized carbons (Fsp3) is 0.244. The predicted molar refractivity (Wildman–Crippen MR) is 191 cm³/mol. The topological polar surface area (TPSA) is 29.5 Å². The summed E-state index contributed by atoms with van der Waals surface area (Å²) in [4.78, 5) is 13.6. The van der Waals surface area contributed by atoms with Gasteiger partial charge in [0.15, 0.2) is 0 Å². The van der Waals surface area contributed by atoms with Crippen molar-refractivity contribution < 1.29 is 9.53 Å². The molecule has 6 rings (SSSR count). The maximum Gasteiger partial charge on any atom is 0.315 e. The van der Waals surface area contributed by atoms with Crippen LogP contribution in [0.2, 0.25) is 0 Å². The van der Waals surface area contributed by atoms with Gasteiger partial charge >= 0.3 is 5.97 Å². The van der Waals surface area contributed by atoms with E-state index in [0.29, 0.717) is 6.61 Å². The number of hydrogen-bond acceptors (Lipinski definition) is 4. The van der Waals surface area contributed by atoms with Crippen molar-refractivity contribution in [2.75, 3.05) is 17.3 Å². The van der Waals surface area contributed by atoms with Crippen molar-refractivity contribution in [1.82, 2.24) is 0 Å². The molecule has 0 radical (unpaired) electrons. The van der Waals surface area contributed by atoms with Crippen LogP contribution in [0.5, 0.6) is 0 Å². The molecule has 0 spiro atoms. The summed E-state index contributed by atoms with van der Waals surface area (Å²) < 4.78 is 5.13. The van der Waals surface area contributed by atoms with Gasteiger partial charge in [0.2, 0.25) is 0 Å². The van der Waals surface area contributed by atoms with Crippen LogP contribution in [0.1, 0.15) is 56.2 Å². The second-order valence-corrected chi connectivity index (χ2v) is 12.7. The number of rotatable bonds is 12. The second-order valence-electron chi connectivity index (χ2n) is 12.4. The maximum atomic E-state index is 11.2. The molecule has 45 heavy (non-hydrogen) atoms. The van der Waals surface area contributed by atoms with E-state index in [2.05, 4.69) is 153 Å². The zero-order chi connectivity index (χ0) is 31.2. The van der Waals surface area contributed by atoms with Gasteiger partial charge in [0.05, 0.1) is 12.4 Å². The number of unbranched alkanes of at least 4 members (excludes halogenated alkanes) is 3. The van der Waals surface area contributed by atoms with Crippen LogP contribution in [0.15, 0.2) is 121 Å². The van der Waals surface area contributed by atoms with Gasteiger partial charge in [-0.2, -0.15) is 12.6 Å². The van der Waals surface area contributed by atoms with Crippen LogP contribution < -0.4 is 4.90 Å². The molecular weight excluding hydrogens is 571 g/mol. The van der Waals surface area contributed by atoms with Gasteiger partial charge in [-0.3, -0.25) is 4.79 Å². The fourth-order valence-corrected chi connectivity index (χ4v) is 6.63. The van der Waals surface area contributed by atoms with Crippen molar-refractivity contribution in [1.29, 1.82) is 0 Å². The lowest BCUT2D eigenvalue weighted by Gasteiger charge is -2.28. The van der Waals surface area contributed by atoms with Crippen molar-refractivity contribution in [3.63, 3.8) is 0 Å². The van der Waals surface area contributed by atoms with E-state index >= 15 is 0 Å².